The lowest BCUT2D eigenvalue weighted by atomic mass is 10.2. The normalized spacial score (nSPS) is 14.9. The monoisotopic (exact) mass is 594 g/mol. The van der Waals surface area contributed by atoms with Gasteiger partial charge < -0.3 is 14.4 Å². The number of hydrogen-bond acceptors (Lipinski definition) is 10. The Morgan fingerprint density at radius 1 is 1.12 bits per heavy atom. The number of carbonyl (C=O) groups is 1. The third-order valence-corrected chi connectivity index (χ3v) is 8.23. The molecule has 0 radical (unpaired) electrons. The Morgan fingerprint density at radius 2 is 1.85 bits per heavy atom. The second-order valence-corrected chi connectivity index (χ2v) is 11.2. The predicted octanol–water partition coefficient (Wildman–Crippen LogP) is 3.25. The molecule has 1 aliphatic rings. The van der Waals surface area contributed by atoms with E-state index in [1.54, 1.807) is 19.3 Å². The smallest absolute Gasteiger partial charge is 0.347 e. The minimum atomic E-state index is -4.02. The fourth-order valence-electron chi connectivity index (χ4n) is 3.81. The predicted molar refractivity (Wildman–Crippen MR) is 145 cm³/mol. The number of hydrogen-bond donors (Lipinski definition) is 1. The van der Waals surface area contributed by atoms with Crippen LogP contribution in [0.3, 0.4) is 0 Å². The van der Waals surface area contributed by atoms with Gasteiger partial charge in [0, 0.05) is 61.6 Å². The lowest BCUT2D eigenvalue weighted by molar-refractivity contribution is -0.150. The standard InChI is InChI=1S/C25H28F2N6O5S2/c1-3-37-24(34)17(2)38-22-15-21(29-25(30-22)39-16-18-5-4-6-20(26)23(18)27)31-40(35,36)33-13-11-32(12-14-33)19-7-9-28-10-8-19/h4-10,15,17H,3,11-14,16H2,1-2H3,(H,29,30,31)/t17-/m1/s1. The van der Waals surface area contributed by atoms with E-state index in [4.69, 9.17) is 9.47 Å². The largest absolute Gasteiger partial charge is 0.463 e. The van der Waals surface area contributed by atoms with Gasteiger partial charge in [0.05, 0.1) is 6.61 Å². The zero-order chi connectivity index (χ0) is 28.7. The first kappa shape index (κ1) is 29.4. The number of pyridine rings is 1. The van der Waals surface area contributed by atoms with Gasteiger partial charge in [0.25, 0.3) is 0 Å². The topological polar surface area (TPSA) is 127 Å². The fraction of sp³-hybridized carbons (Fsp3) is 0.360. The second kappa shape index (κ2) is 13.2. The van der Waals surface area contributed by atoms with Crippen LogP contribution in [0.2, 0.25) is 0 Å². The Labute approximate surface area is 235 Å². The SMILES string of the molecule is CCOC(=O)[C@@H](C)Oc1cc(NS(=O)(=O)N2CCN(c3ccncc3)CC2)nc(SCc2cccc(F)c2F)n1. The zero-order valence-electron chi connectivity index (χ0n) is 21.8. The van der Waals surface area contributed by atoms with Crippen molar-refractivity contribution in [1.29, 1.82) is 0 Å². The van der Waals surface area contributed by atoms with Crippen LogP contribution in [0.5, 0.6) is 5.88 Å². The number of carbonyl (C=O) groups excluding carboxylic acids is 1. The maximum absolute atomic E-state index is 14.2. The lowest BCUT2D eigenvalue weighted by Crippen LogP contribution is -2.50. The highest BCUT2D eigenvalue weighted by Crippen LogP contribution is 2.27. The van der Waals surface area contributed by atoms with Crippen molar-refractivity contribution in [2.45, 2.75) is 30.9 Å². The first-order valence-electron chi connectivity index (χ1n) is 12.4. The molecule has 0 amide bonds. The molecule has 0 unspecified atom stereocenters. The molecule has 40 heavy (non-hydrogen) atoms. The van der Waals surface area contributed by atoms with Crippen LogP contribution in [0.15, 0.2) is 53.9 Å². The molecule has 2 aromatic heterocycles. The summed E-state index contributed by atoms with van der Waals surface area (Å²) >= 11 is 0.945. The summed E-state index contributed by atoms with van der Waals surface area (Å²) in [6.45, 7) is 4.66. The van der Waals surface area contributed by atoms with Gasteiger partial charge in [-0.15, -0.1) is 0 Å². The number of esters is 1. The first-order valence-corrected chi connectivity index (χ1v) is 14.8. The molecule has 11 nitrogen and oxygen atoms in total. The maximum atomic E-state index is 14.2. The number of thioether (sulfide) groups is 1. The Bertz CT molecular complexity index is 1430. The van der Waals surface area contributed by atoms with Crippen molar-refractivity contribution in [3.05, 3.63) is 66.0 Å². The molecule has 3 heterocycles. The van der Waals surface area contributed by atoms with Crippen LogP contribution in [0.25, 0.3) is 0 Å². The minimum Gasteiger partial charge on any atom is -0.463 e. The summed E-state index contributed by atoms with van der Waals surface area (Å²) in [5.41, 5.74) is 1.03. The van der Waals surface area contributed by atoms with Gasteiger partial charge in [-0.3, -0.25) is 9.71 Å². The van der Waals surface area contributed by atoms with Crippen molar-refractivity contribution >= 4 is 39.4 Å². The van der Waals surface area contributed by atoms with Gasteiger partial charge >= 0.3 is 16.2 Å². The highest BCUT2D eigenvalue weighted by molar-refractivity contribution is 7.98. The third-order valence-electron chi connectivity index (χ3n) is 5.83. The third kappa shape index (κ3) is 7.55. The number of nitrogens with zero attached hydrogens (tertiary/aromatic N) is 5. The van der Waals surface area contributed by atoms with Crippen LogP contribution in [-0.4, -0.2) is 72.5 Å². The first-order chi connectivity index (χ1) is 19.2. The van der Waals surface area contributed by atoms with E-state index in [1.165, 1.54) is 29.4 Å². The summed E-state index contributed by atoms with van der Waals surface area (Å²) in [6, 6.07) is 8.77. The number of anilines is 2. The van der Waals surface area contributed by atoms with Gasteiger partial charge in [-0.1, -0.05) is 23.9 Å². The molecule has 15 heteroatoms. The molecule has 0 bridgehead atoms. The molecule has 1 atom stereocenters. The summed E-state index contributed by atoms with van der Waals surface area (Å²) in [5, 5.41) is 0.0254. The van der Waals surface area contributed by atoms with Gasteiger partial charge in [-0.25, -0.2) is 18.6 Å². The summed E-state index contributed by atoms with van der Waals surface area (Å²) in [7, 11) is -4.02. The van der Waals surface area contributed by atoms with E-state index in [9.17, 15) is 22.0 Å². The molecule has 1 saturated heterocycles. The maximum Gasteiger partial charge on any atom is 0.347 e. The van der Waals surface area contributed by atoms with E-state index < -0.39 is 33.9 Å². The highest BCUT2D eigenvalue weighted by Gasteiger charge is 2.28. The van der Waals surface area contributed by atoms with E-state index in [-0.39, 0.29) is 47.9 Å². The van der Waals surface area contributed by atoms with Crippen LogP contribution in [-0.2, 0) is 25.5 Å². The lowest BCUT2D eigenvalue weighted by Gasteiger charge is -2.35. The average molecular weight is 595 g/mol. The molecular weight excluding hydrogens is 566 g/mol. The van der Waals surface area contributed by atoms with Gasteiger partial charge in [-0.05, 0) is 32.0 Å². The van der Waals surface area contributed by atoms with Gasteiger partial charge in [-0.2, -0.15) is 17.7 Å². The minimum absolute atomic E-state index is 0.0254. The molecule has 3 aromatic rings. The van der Waals surface area contributed by atoms with Gasteiger partial charge in [0.2, 0.25) is 5.88 Å². The quantitative estimate of drug-likeness (QED) is 0.201. The Balaban J connectivity index is 1.51. The van der Waals surface area contributed by atoms with Crippen molar-refractivity contribution in [3.63, 3.8) is 0 Å². The molecule has 0 saturated carbocycles. The van der Waals surface area contributed by atoms with E-state index in [0.717, 1.165) is 23.5 Å². The molecular formula is C25H28F2N6O5S2. The van der Waals surface area contributed by atoms with Crippen LogP contribution in [0, 0.1) is 11.6 Å². The molecule has 1 aliphatic heterocycles. The van der Waals surface area contributed by atoms with Crippen molar-refractivity contribution in [3.8, 4) is 5.88 Å². The van der Waals surface area contributed by atoms with Crippen LogP contribution in [0.1, 0.15) is 19.4 Å². The highest BCUT2D eigenvalue weighted by atomic mass is 32.2. The molecule has 0 spiro atoms. The van der Waals surface area contributed by atoms with Crippen molar-refractivity contribution < 1.29 is 31.5 Å². The summed E-state index contributed by atoms with van der Waals surface area (Å²) in [5.74, 6) is -2.87. The van der Waals surface area contributed by atoms with Crippen LogP contribution >= 0.6 is 11.8 Å². The molecule has 4 rings (SSSR count). The van der Waals surface area contributed by atoms with E-state index in [2.05, 4.69) is 24.6 Å². The number of aromatic nitrogens is 3. The van der Waals surface area contributed by atoms with Gasteiger partial charge in [0.1, 0.15) is 5.82 Å². The molecule has 1 fully saturated rings. The molecule has 214 valence electrons. The van der Waals surface area contributed by atoms with Crippen molar-refractivity contribution in [2.24, 2.45) is 0 Å². The van der Waals surface area contributed by atoms with Crippen molar-refractivity contribution in [2.75, 3.05) is 42.4 Å². The Hall–Kier alpha value is -3.56. The second-order valence-electron chi connectivity index (χ2n) is 8.59. The Kier molecular flexibility index (Phi) is 9.71. The summed E-state index contributed by atoms with van der Waals surface area (Å²) in [4.78, 5) is 26.6. The number of rotatable bonds is 11. The molecule has 0 aliphatic carbocycles. The molecule has 1 aromatic carbocycles. The summed E-state index contributed by atoms with van der Waals surface area (Å²) < 4.78 is 68.5. The van der Waals surface area contributed by atoms with Crippen LogP contribution < -0.4 is 14.4 Å². The number of ether oxygens (including phenoxy) is 2. The Morgan fingerprint density at radius 3 is 2.55 bits per heavy atom. The fourth-order valence-corrected chi connectivity index (χ4v) is 5.78. The van der Waals surface area contributed by atoms with Crippen molar-refractivity contribution in [1.82, 2.24) is 19.3 Å². The van der Waals surface area contributed by atoms with Crippen LogP contribution in [0.4, 0.5) is 20.3 Å². The number of halogens is 2. The van der Waals surface area contributed by atoms with E-state index >= 15 is 0 Å². The number of benzene rings is 1. The zero-order valence-corrected chi connectivity index (χ0v) is 23.4. The number of piperazine rings is 1. The molecule has 1 N–H and O–H groups in total. The summed E-state index contributed by atoms with van der Waals surface area (Å²) in [6.07, 6.45) is 2.31. The average Bonchev–Trinajstić information content (AvgIpc) is 2.94. The van der Waals surface area contributed by atoms with E-state index in [1.807, 2.05) is 12.1 Å². The van der Waals surface area contributed by atoms with E-state index in [0.29, 0.717) is 13.1 Å². The van der Waals surface area contributed by atoms with Gasteiger partial charge in [0.15, 0.2) is 22.9 Å². The number of nitrogens with one attached hydrogen (secondary N) is 1.